The lowest BCUT2D eigenvalue weighted by atomic mass is 9.49. The molecule has 4 saturated carbocycles. The van der Waals surface area contributed by atoms with Crippen LogP contribution < -0.4 is 5.32 Å². The number of carbonyl (C=O) groups excluding carboxylic acids is 1. The Labute approximate surface area is 128 Å². The highest BCUT2D eigenvalue weighted by Gasteiger charge is 2.51. The van der Waals surface area contributed by atoms with Gasteiger partial charge in [0.15, 0.2) is 0 Å². The van der Waals surface area contributed by atoms with Crippen molar-refractivity contribution >= 4 is 5.91 Å². The second kappa shape index (κ2) is 5.26. The maximum absolute atomic E-state index is 12.5. The minimum atomic E-state index is 0.175. The van der Waals surface area contributed by atoms with Gasteiger partial charge in [-0.2, -0.15) is 0 Å². The van der Waals surface area contributed by atoms with Crippen LogP contribution in [0.25, 0.3) is 0 Å². The Hall–Kier alpha value is -0.570. The Bertz CT molecular complexity index is 378. The van der Waals surface area contributed by atoms with Gasteiger partial charge in [-0.1, -0.05) is 0 Å². The van der Waals surface area contributed by atoms with E-state index in [4.69, 9.17) is 4.74 Å². The van der Waals surface area contributed by atoms with Crippen LogP contribution in [-0.4, -0.2) is 24.7 Å². The van der Waals surface area contributed by atoms with Crippen molar-refractivity contribution in [2.24, 2.45) is 23.2 Å². The molecule has 1 amide bonds. The van der Waals surface area contributed by atoms with E-state index in [9.17, 15) is 4.79 Å². The van der Waals surface area contributed by atoms with Gasteiger partial charge in [0.2, 0.25) is 5.91 Å². The summed E-state index contributed by atoms with van der Waals surface area (Å²) < 4.78 is 5.69. The monoisotopic (exact) mass is 291 g/mol. The molecule has 3 heteroatoms. The number of hydrogen-bond acceptors (Lipinski definition) is 2. The van der Waals surface area contributed by atoms with Crippen LogP contribution in [0.5, 0.6) is 0 Å². The van der Waals surface area contributed by atoms with Gasteiger partial charge in [-0.05, 0) is 81.5 Å². The van der Waals surface area contributed by atoms with E-state index < -0.39 is 0 Å². The Morgan fingerprint density at radius 1 is 1.19 bits per heavy atom. The third-order valence-electron chi connectivity index (χ3n) is 6.61. The first-order chi connectivity index (χ1) is 10.1. The molecule has 1 N–H and O–H groups in total. The Morgan fingerprint density at radius 3 is 2.33 bits per heavy atom. The zero-order valence-electron chi connectivity index (χ0n) is 13.3. The zero-order chi connectivity index (χ0) is 14.4. The molecule has 1 saturated heterocycles. The second-order valence-corrected chi connectivity index (χ2v) is 8.50. The van der Waals surface area contributed by atoms with Gasteiger partial charge in [-0.15, -0.1) is 0 Å². The molecule has 0 radical (unpaired) electrons. The number of carbonyl (C=O) groups is 1. The average molecular weight is 291 g/mol. The second-order valence-electron chi connectivity index (χ2n) is 8.50. The molecule has 118 valence electrons. The highest BCUT2D eigenvalue weighted by atomic mass is 16.5. The van der Waals surface area contributed by atoms with E-state index in [0.29, 0.717) is 5.41 Å². The number of ether oxygens (including phenoxy) is 1. The Kier molecular flexibility index (Phi) is 3.52. The van der Waals surface area contributed by atoms with Crippen molar-refractivity contribution in [2.45, 2.75) is 76.9 Å². The van der Waals surface area contributed by atoms with Crippen molar-refractivity contribution in [3.05, 3.63) is 0 Å². The standard InChI is InChI=1S/C18H29NO2/c1-12(16-3-2-4-21-16)19-17(20)11-18-8-13-5-14(9-18)7-15(6-13)10-18/h12-16H,2-11H2,1H3,(H,19,20)/t12-,13?,14?,15?,16+,18?/m1/s1. The molecule has 4 bridgehead atoms. The molecule has 0 unspecified atom stereocenters. The summed E-state index contributed by atoms with van der Waals surface area (Å²) in [5, 5.41) is 3.23. The molecule has 1 heterocycles. The minimum absolute atomic E-state index is 0.175. The van der Waals surface area contributed by atoms with Crippen molar-refractivity contribution in [1.29, 1.82) is 0 Å². The highest BCUT2D eigenvalue weighted by Crippen LogP contribution is 2.61. The Morgan fingerprint density at radius 2 is 1.81 bits per heavy atom. The summed E-state index contributed by atoms with van der Waals surface area (Å²) in [6.45, 7) is 2.97. The maximum Gasteiger partial charge on any atom is 0.220 e. The predicted molar refractivity (Wildman–Crippen MR) is 81.8 cm³/mol. The molecule has 5 fully saturated rings. The number of rotatable bonds is 4. The van der Waals surface area contributed by atoms with E-state index >= 15 is 0 Å². The van der Waals surface area contributed by atoms with Crippen molar-refractivity contribution in [1.82, 2.24) is 5.32 Å². The summed E-state index contributed by atoms with van der Waals surface area (Å²) in [6.07, 6.45) is 11.6. The van der Waals surface area contributed by atoms with Crippen LogP contribution in [0.4, 0.5) is 0 Å². The first-order valence-corrected chi connectivity index (χ1v) is 9.03. The molecule has 0 aromatic heterocycles. The molecule has 3 nitrogen and oxygen atoms in total. The summed E-state index contributed by atoms with van der Waals surface area (Å²) in [7, 11) is 0. The van der Waals surface area contributed by atoms with Gasteiger partial charge in [-0.3, -0.25) is 4.79 Å². The molecule has 2 atom stereocenters. The van der Waals surface area contributed by atoms with Crippen LogP contribution in [0.3, 0.4) is 0 Å². The fraction of sp³-hybridized carbons (Fsp3) is 0.944. The summed E-state index contributed by atoms with van der Waals surface area (Å²) in [5.74, 6) is 3.07. The first kappa shape index (κ1) is 14.0. The van der Waals surface area contributed by atoms with Gasteiger partial charge >= 0.3 is 0 Å². The summed E-state index contributed by atoms with van der Waals surface area (Å²) in [6, 6.07) is 0.175. The normalized spacial score (nSPS) is 45.8. The molecule has 0 aromatic carbocycles. The number of nitrogens with one attached hydrogen (secondary N) is 1. The molecule has 0 aromatic rings. The van der Waals surface area contributed by atoms with Crippen LogP contribution in [0.15, 0.2) is 0 Å². The molecule has 21 heavy (non-hydrogen) atoms. The molecule has 0 spiro atoms. The predicted octanol–water partition coefficient (Wildman–Crippen LogP) is 3.28. The van der Waals surface area contributed by atoms with Crippen LogP contribution in [0, 0.1) is 23.2 Å². The average Bonchev–Trinajstić information content (AvgIpc) is 2.89. The molecular formula is C18H29NO2. The third kappa shape index (κ3) is 2.74. The molecule has 1 aliphatic heterocycles. The van der Waals surface area contributed by atoms with Crippen molar-refractivity contribution < 1.29 is 9.53 Å². The van der Waals surface area contributed by atoms with E-state index in [1.54, 1.807) is 0 Å². The number of amides is 1. The lowest BCUT2D eigenvalue weighted by Crippen LogP contribution is -2.49. The first-order valence-electron chi connectivity index (χ1n) is 9.03. The lowest BCUT2D eigenvalue weighted by molar-refractivity contribution is -0.130. The maximum atomic E-state index is 12.5. The van der Waals surface area contributed by atoms with Crippen LogP contribution in [0.1, 0.15) is 64.7 Å². The molecule has 4 aliphatic carbocycles. The fourth-order valence-electron chi connectivity index (χ4n) is 6.24. The molecule has 5 aliphatic rings. The van der Waals surface area contributed by atoms with Gasteiger partial charge in [0, 0.05) is 13.0 Å². The lowest BCUT2D eigenvalue weighted by Gasteiger charge is -2.56. The fourth-order valence-corrected chi connectivity index (χ4v) is 6.24. The quantitative estimate of drug-likeness (QED) is 0.863. The van der Waals surface area contributed by atoms with Crippen molar-refractivity contribution in [2.75, 3.05) is 6.61 Å². The summed E-state index contributed by atoms with van der Waals surface area (Å²) >= 11 is 0. The largest absolute Gasteiger partial charge is 0.376 e. The third-order valence-corrected chi connectivity index (χ3v) is 6.61. The SMILES string of the molecule is C[C@@H](NC(=O)CC12CC3CC(CC(C3)C1)C2)[C@@H]1CCCO1. The smallest absolute Gasteiger partial charge is 0.220 e. The van der Waals surface area contributed by atoms with Crippen LogP contribution >= 0.6 is 0 Å². The van der Waals surface area contributed by atoms with E-state index in [1.807, 2.05) is 0 Å². The summed E-state index contributed by atoms with van der Waals surface area (Å²) in [5.41, 5.74) is 0.356. The van der Waals surface area contributed by atoms with E-state index in [-0.39, 0.29) is 18.1 Å². The van der Waals surface area contributed by atoms with Crippen molar-refractivity contribution in [3.63, 3.8) is 0 Å². The van der Waals surface area contributed by atoms with Crippen LogP contribution in [-0.2, 0) is 9.53 Å². The summed E-state index contributed by atoms with van der Waals surface area (Å²) in [4.78, 5) is 12.5. The minimum Gasteiger partial charge on any atom is -0.376 e. The zero-order valence-corrected chi connectivity index (χ0v) is 13.3. The van der Waals surface area contributed by atoms with E-state index in [1.165, 1.54) is 38.5 Å². The van der Waals surface area contributed by atoms with Crippen LogP contribution in [0.2, 0.25) is 0 Å². The van der Waals surface area contributed by atoms with Gasteiger partial charge < -0.3 is 10.1 Å². The van der Waals surface area contributed by atoms with E-state index in [0.717, 1.165) is 43.6 Å². The van der Waals surface area contributed by atoms with Gasteiger partial charge in [0.25, 0.3) is 0 Å². The molecular weight excluding hydrogens is 262 g/mol. The van der Waals surface area contributed by atoms with Gasteiger partial charge in [0.1, 0.15) is 0 Å². The van der Waals surface area contributed by atoms with Crippen molar-refractivity contribution in [3.8, 4) is 0 Å². The van der Waals surface area contributed by atoms with E-state index in [2.05, 4.69) is 12.2 Å². The topological polar surface area (TPSA) is 38.3 Å². The molecule has 5 rings (SSSR count). The van der Waals surface area contributed by atoms with Gasteiger partial charge in [0.05, 0.1) is 12.1 Å². The highest BCUT2D eigenvalue weighted by molar-refractivity contribution is 5.77. The Balaban J connectivity index is 1.36. The van der Waals surface area contributed by atoms with Gasteiger partial charge in [-0.25, -0.2) is 0 Å². The number of hydrogen-bond donors (Lipinski definition) is 1.